The Hall–Kier alpha value is -1.51. The van der Waals surface area contributed by atoms with E-state index in [9.17, 15) is 4.79 Å². The minimum absolute atomic E-state index is 0.0529. The lowest BCUT2D eigenvalue weighted by Gasteiger charge is -2.50. The molecule has 1 aromatic rings. The maximum absolute atomic E-state index is 12.2. The monoisotopic (exact) mass is 275 g/mol. The van der Waals surface area contributed by atoms with Crippen molar-refractivity contribution >= 4 is 11.7 Å². The maximum atomic E-state index is 12.2. The van der Waals surface area contributed by atoms with Crippen LogP contribution in [0, 0.1) is 0 Å². The van der Waals surface area contributed by atoms with E-state index in [4.69, 9.17) is 4.74 Å². The van der Waals surface area contributed by atoms with Crippen LogP contribution in [-0.2, 0) is 9.53 Å². The molecular formula is C17H25NO2. The smallest absolute Gasteiger partial charge is 0.328 e. The van der Waals surface area contributed by atoms with Gasteiger partial charge in [-0.2, -0.15) is 0 Å². The number of carbonyl (C=O) groups excluding carboxylic acids is 1. The van der Waals surface area contributed by atoms with Crippen molar-refractivity contribution in [1.82, 2.24) is 0 Å². The first-order chi connectivity index (χ1) is 9.42. The van der Waals surface area contributed by atoms with Gasteiger partial charge in [-0.15, -0.1) is 0 Å². The Morgan fingerprint density at radius 2 is 2.10 bits per heavy atom. The van der Waals surface area contributed by atoms with Crippen LogP contribution in [0.3, 0.4) is 0 Å². The lowest BCUT2D eigenvalue weighted by Crippen LogP contribution is -2.56. The van der Waals surface area contributed by atoms with Crippen LogP contribution in [0.5, 0.6) is 0 Å². The molecule has 3 nitrogen and oxygen atoms in total. The molecular weight excluding hydrogens is 250 g/mol. The number of hydrogen-bond donors (Lipinski definition) is 0. The molecule has 0 amide bonds. The van der Waals surface area contributed by atoms with Crippen LogP contribution in [0.2, 0.25) is 0 Å². The van der Waals surface area contributed by atoms with E-state index in [1.807, 2.05) is 13.0 Å². The second kappa shape index (κ2) is 5.47. The third-order valence-electron chi connectivity index (χ3n) is 4.36. The van der Waals surface area contributed by atoms with E-state index < -0.39 is 0 Å². The number of rotatable bonds is 3. The Morgan fingerprint density at radius 3 is 2.70 bits per heavy atom. The highest BCUT2D eigenvalue weighted by atomic mass is 16.5. The first-order valence-electron chi connectivity index (χ1n) is 7.38. The zero-order valence-electron chi connectivity index (χ0n) is 13.1. The van der Waals surface area contributed by atoms with E-state index in [0.717, 1.165) is 12.8 Å². The van der Waals surface area contributed by atoms with Gasteiger partial charge in [-0.25, -0.2) is 4.79 Å². The topological polar surface area (TPSA) is 29.5 Å². The van der Waals surface area contributed by atoms with Gasteiger partial charge in [-0.05, 0) is 44.2 Å². The Labute approximate surface area is 121 Å². The number of hydrogen-bond acceptors (Lipinski definition) is 3. The predicted molar refractivity (Wildman–Crippen MR) is 82.1 cm³/mol. The van der Waals surface area contributed by atoms with Gasteiger partial charge in [0.2, 0.25) is 0 Å². The van der Waals surface area contributed by atoms with Crippen LogP contribution in [0.1, 0.15) is 52.0 Å². The first-order valence-corrected chi connectivity index (χ1v) is 7.38. The molecule has 1 heterocycles. The van der Waals surface area contributed by atoms with Crippen molar-refractivity contribution in [3.05, 3.63) is 29.8 Å². The summed E-state index contributed by atoms with van der Waals surface area (Å²) in [6, 6.07) is 8.20. The summed E-state index contributed by atoms with van der Waals surface area (Å²) in [6.07, 6.45) is 1.79. The van der Waals surface area contributed by atoms with Gasteiger partial charge in [0.15, 0.2) is 0 Å². The molecule has 0 bridgehead atoms. The molecule has 0 radical (unpaired) electrons. The van der Waals surface area contributed by atoms with Crippen LogP contribution in [0.4, 0.5) is 5.69 Å². The molecule has 3 heteroatoms. The van der Waals surface area contributed by atoms with E-state index in [1.54, 1.807) is 0 Å². The lowest BCUT2D eigenvalue weighted by molar-refractivity contribution is -0.142. The number of fused-ring (bicyclic) bond motifs is 1. The first kappa shape index (κ1) is 14.9. The largest absolute Gasteiger partial charge is 0.467 e. The lowest BCUT2D eigenvalue weighted by atomic mass is 9.79. The summed E-state index contributed by atoms with van der Waals surface area (Å²) >= 11 is 0. The Balaban J connectivity index is 2.53. The molecule has 2 rings (SSSR count). The Kier molecular flexibility index (Phi) is 4.07. The van der Waals surface area contributed by atoms with E-state index in [-0.39, 0.29) is 17.6 Å². The molecule has 2 unspecified atom stereocenters. The maximum Gasteiger partial charge on any atom is 0.328 e. The van der Waals surface area contributed by atoms with Gasteiger partial charge in [-0.1, -0.05) is 32.0 Å². The van der Waals surface area contributed by atoms with Gasteiger partial charge < -0.3 is 9.64 Å². The highest BCUT2D eigenvalue weighted by Gasteiger charge is 2.41. The minimum Gasteiger partial charge on any atom is -0.467 e. The number of nitrogens with zero attached hydrogens (tertiary/aromatic N) is 1. The quantitative estimate of drug-likeness (QED) is 0.787. The highest BCUT2D eigenvalue weighted by molar-refractivity contribution is 5.81. The van der Waals surface area contributed by atoms with Crippen molar-refractivity contribution in [2.45, 2.75) is 58.0 Å². The third-order valence-corrected chi connectivity index (χ3v) is 4.36. The molecule has 1 aliphatic rings. The number of anilines is 1. The van der Waals surface area contributed by atoms with Gasteiger partial charge >= 0.3 is 5.97 Å². The standard InChI is InChI=1S/C17H25NO2/c1-6-14(16(19)20-5)18-15-10-8-7-9-13(15)12(2)11-17(18,3)4/h7-10,12,14H,6,11H2,1-5H3. The molecule has 0 aromatic heterocycles. The fourth-order valence-electron chi connectivity index (χ4n) is 3.59. The van der Waals surface area contributed by atoms with Crippen LogP contribution in [-0.4, -0.2) is 24.7 Å². The van der Waals surface area contributed by atoms with Gasteiger partial charge in [0.25, 0.3) is 0 Å². The zero-order valence-corrected chi connectivity index (χ0v) is 13.1. The van der Waals surface area contributed by atoms with Gasteiger partial charge in [0.1, 0.15) is 6.04 Å². The summed E-state index contributed by atoms with van der Waals surface area (Å²) in [4.78, 5) is 14.4. The molecule has 0 N–H and O–H groups in total. The van der Waals surface area contributed by atoms with Crippen molar-refractivity contribution in [2.24, 2.45) is 0 Å². The second-order valence-corrected chi connectivity index (χ2v) is 6.29. The number of methoxy groups -OCH3 is 1. The summed E-state index contributed by atoms with van der Waals surface area (Å²) in [5.41, 5.74) is 2.45. The number of carbonyl (C=O) groups is 1. The molecule has 0 aliphatic carbocycles. The third kappa shape index (κ3) is 2.41. The summed E-state index contributed by atoms with van der Waals surface area (Å²) in [6.45, 7) is 8.73. The van der Waals surface area contributed by atoms with E-state index in [2.05, 4.69) is 43.9 Å². The van der Waals surface area contributed by atoms with Crippen LogP contribution < -0.4 is 4.90 Å². The number of ether oxygens (including phenoxy) is 1. The SMILES string of the molecule is CCC(C(=O)OC)N1c2ccccc2C(C)CC1(C)C. The van der Waals surface area contributed by atoms with Gasteiger partial charge in [-0.3, -0.25) is 0 Å². The molecule has 20 heavy (non-hydrogen) atoms. The summed E-state index contributed by atoms with van der Waals surface area (Å²) in [5.74, 6) is 0.359. The van der Waals surface area contributed by atoms with Crippen molar-refractivity contribution in [3.63, 3.8) is 0 Å². The molecule has 110 valence electrons. The molecule has 2 atom stereocenters. The Morgan fingerprint density at radius 1 is 1.45 bits per heavy atom. The zero-order chi connectivity index (χ0) is 14.9. The summed E-state index contributed by atoms with van der Waals surface area (Å²) in [7, 11) is 1.47. The van der Waals surface area contributed by atoms with Gasteiger partial charge in [0, 0.05) is 11.2 Å². The molecule has 0 fully saturated rings. The average Bonchev–Trinajstić information content (AvgIpc) is 2.42. The number of esters is 1. The normalized spacial score (nSPS) is 22.1. The number of benzene rings is 1. The summed E-state index contributed by atoms with van der Waals surface area (Å²) in [5, 5.41) is 0. The summed E-state index contributed by atoms with van der Waals surface area (Å²) < 4.78 is 5.01. The van der Waals surface area contributed by atoms with E-state index in [0.29, 0.717) is 5.92 Å². The molecule has 0 saturated carbocycles. The predicted octanol–water partition coefficient (Wildman–Crippen LogP) is 3.73. The molecule has 0 spiro atoms. The fraction of sp³-hybridized carbons (Fsp3) is 0.588. The number of para-hydroxylation sites is 1. The highest BCUT2D eigenvalue weighted by Crippen LogP contribution is 2.44. The molecule has 1 aliphatic heterocycles. The Bertz CT molecular complexity index is 496. The van der Waals surface area contributed by atoms with Crippen LogP contribution >= 0.6 is 0 Å². The van der Waals surface area contributed by atoms with Crippen molar-refractivity contribution in [3.8, 4) is 0 Å². The van der Waals surface area contributed by atoms with Crippen molar-refractivity contribution in [1.29, 1.82) is 0 Å². The van der Waals surface area contributed by atoms with E-state index in [1.165, 1.54) is 18.4 Å². The van der Waals surface area contributed by atoms with Crippen LogP contribution in [0.15, 0.2) is 24.3 Å². The average molecular weight is 275 g/mol. The second-order valence-electron chi connectivity index (χ2n) is 6.29. The van der Waals surface area contributed by atoms with E-state index >= 15 is 0 Å². The van der Waals surface area contributed by atoms with Crippen molar-refractivity contribution in [2.75, 3.05) is 12.0 Å². The van der Waals surface area contributed by atoms with Crippen LogP contribution in [0.25, 0.3) is 0 Å². The minimum atomic E-state index is -0.219. The molecule has 0 saturated heterocycles. The van der Waals surface area contributed by atoms with Gasteiger partial charge in [0.05, 0.1) is 7.11 Å². The molecule has 1 aromatic carbocycles. The van der Waals surface area contributed by atoms with Crippen molar-refractivity contribution < 1.29 is 9.53 Å². The fourth-order valence-corrected chi connectivity index (χ4v) is 3.59.